The molecule has 0 radical (unpaired) electrons. The zero-order valence-electron chi connectivity index (χ0n) is 16.6. The number of rotatable bonds is 2. The van der Waals surface area contributed by atoms with Crippen LogP contribution in [0.2, 0.25) is 0 Å². The molecule has 0 bridgehead atoms. The zero-order valence-corrected chi connectivity index (χ0v) is 16.6. The fourth-order valence-electron chi connectivity index (χ4n) is 4.60. The maximum atomic E-state index is 13.2. The SMILES string of the molecule is Cc1ccccc1N1C(N)=C(C#N)[C@@H](c2ccc3c(c2)OCO3)C2=C1CCCC2=O. The van der Waals surface area contributed by atoms with Gasteiger partial charge in [-0.05, 0) is 49.1 Å². The summed E-state index contributed by atoms with van der Waals surface area (Å²) in [6.07, 6.45) is 1.97. The molecule has 0 saturated carbocycles. The molecule has 0 aromatic heterocycles. The first-order valence-electron chi connectivity index (χ1n) is 10.0. The van der Waals surface area contributed by atoms with Gasteiger partial charge in [0.15, 0.2) is 17.3 Å². The monoisotopic (exact) mass is 399 g/mol. The molecule has 0 fully saturated rings. The number of fused-ring (bicyclic) bond motifs is 1. The van der Waals surface area contributed by atoms with Crippen molar-refractivity contribution in [2.45, 2.75) is 32.1 Å². The van der Waals surface area contributed by atoms with Gasteiger partial charge in [-0.3, -0.25) is 9.69 Å². The predicted octanol–water partition coefficient (Wildman–Crippen LogP) is 4.03. The van der Waals surface area contributed by atoms with E-state index >= 15 is 0 Å². The molecule has 150 valence electrons. The van der Waals surface area contributed by atoms with Gasteiger partial charge >= 0.3 is 0 Å². The third kappa shape index (κ3) is 2.66. The lowest BCUT2D eigenvalue weighted by Crippen LogP contribution is -2.39. The highest BCUT2D eigenvalue weighted by molar-refractivity contribution is 6.01. The fraction of sp³-hybridized carbons (Fsp3) is 0.250. The molecule has 2 heterocycles. The number of ketones is 1. The third-order valence-corrected chi connectivity index (χ3v) is 6.00. The number of nitrogens with zero attached hydrogens (tertiary/aromatic N) is 2. The van der Waals surface area contributed by atoms with Crippen molar-refractivity contribution < 1.29 is 14.3 Å². The molecule has 2 aromatic carbocycles. The number of benzene rings is 2. The van der Waals surface area contributed by atoms with Crippen molar-refractivity contribution in [1.82, 2.24) is 0 Å². The smallest absolute Gasteiger partial charge is 0.231 e. The second-order valence-electron chi connectivity index (χ2n) is 7.72. The van der Waals surface area contributed by atoms with E-state index in [4.69, 9.17) is 15.2 Å². The number of nitriles is 1. The van der Waals surface area contributed by atoms with Crippen LogP contribution in [0.15, 0.2) is 65.1 Å². The number of nitrogens with two attached hydrogens (primary N) is 1. The van der Waals surface area contributed by atoms with Crippen LogP contribution in [-0.4, -0.2) is 12.6 Å². The molecule has 1 aliphatic carbocycles. The lowest BCUT2D eigenvalue weighted by atomic mass is 9.75. The third-order valence-electron chi connectivity index (χ3n) is 6.00. The van der Waals surface area contributed by atoms with Gasteiger partial charge in [-0.1, -0.05) is 24.3 Å². The maximum Gasteiger partial charge on any atom is 0.231 e. The summed E-state index contributed by atoms with van der Waals surface area (Å²) in [5.74, 6) is 1.22. The molecule has 5 rings (SSSR count). The van der Waals surface area contributed by atoms with Crippen molar-refractivity contribution in [2.24, 2.45) is 5.73 Å². The van der Waals surface area contributed by atoms with Crippen molar-refractivity contribution in [3.8, 4) is 17.6 Å². The molecule has 6 heteroatoms. The van der Waals surface area contributed by atoms with Crippen molar-refractivity contribution in [2.75, 3.05) is 11.7 Å². The van der Waals surface area contributed by atoms with Gasteiger partial charge in [-0.25, -0.2) is 0 Å². The summed E-state index contributed by atoms with van der Waals surface area (Å²) in [6.45, 7) is 2.17. The van der Waals surface area contributed by atoms with Gasteiger partial charge in [0.1, 0.15) is 5.82 Å². The largest absolute Gasteiger partial charge is 0.454 e. The number of para-hydroxylation sites is 1. The Labute approximate surface area is 174 Å². The van der Waals surface area contributed by atoms with Crippen LogP contribution in [0.4, 0.5) is 5.69 Å². The van der Waals surface area contributed by atoms with Crippen LogP contribution in [0.25, 0.3) is 0 Å². The number of ether oxygens (including phenoxy) is 2. The summed E-state index contributed by atoms with van der Waals surface area (Å²) in [4.78, 5) is 15.1. The number of carbonyl (C=O) groups is 1. The van der Waals surface area contributed by atoms with Crippen LogP contribution < -0.4 is 20.1 Å². The molecule has 2 N–H and O–H groups in total. The summed E-state index contributed by atoms with van der Waals surface area (Å²) in [5, 5.41) is 10.1. The first kappa shape index (κ1) is 18.3. The Balaban J connectivity index is 1.74. The number of anilines is 1. The number of hydrogen-bond donors (Lipinski definition) is 1. The minimum atomic E-state index is -0.507. The number of carbonyl (C=O) groups excluding carboxylic acids is 1. The summed E-state index contributed by atoms with van der Waals surface area (Å²) >= 11 is 0. The molecule has 2 aromatic rings. The summed E-state index contributed by atoms with van der Waals surface area (Å²) in [7, 11) is 0. The Kier molecular flexibility index (Phi) is 4.25. The van der Waals surface area contributed by atoms with E-state index in [0.717, 1.165) is 35.4 Å². The van der Waals surface area contributed by atoms with Gasteiger partial charge in [0.05, 0.1) is 23.2 Å². The van der Waals surface area contributed by atoms with Gasteiger partial charge in [0.25, 0.3) is 0 Å². The highest BCUT2D eigenvalue weighted by Gasteiger charge is 2.40. The minimum Gasteiger partial charge on any atom is -0.454 e. The molecule has 0 unspecified atom stereocenters. The van der Waals surface area contributed by atoms with E-state index in [2.05, 4.69) is 6.07 Å². The van der Waals surface area contributed by atoms with E-state index < -0.39 is 5.92 Å². The predicted molar refractivity (Wildman–Crippen MR) is 112 cm³/mol. The lowest BCUT2D eigenvalue weighted by molar-refractivity contribution is -0.116. The van der Waals surface area contributed by atoms with Crippen LogP contribution in [0.1, 0.15) is 36.3 Å². The number of aryl methyl sites for hydroxylation is 1. The number of Topliss-reactive ketones (excluding diaryl/α,β-unsaturated/α-hetero) is 1. The average molecular weight is 399 g/mol. The first-order chi connectivity index (χ1) is 14.6. The molecule has 1 atom stereocenters. The van der Waals surface area contributed by atoms with Gasteiger partial charge in [0.2, 0.25) is 6.79 Å². The van der Waals surface area contributed by atoms with E-state index in [0.29, 0.717) is 34.9 Å². The normalized spacial score (nSPS) is 20.3. The van der Waals surface area contributed by atoms with Crippen molar-refractivity contribution in [3.63, 3.8) is 0 Å². The highest BCUT2D eigenvalue weighted by atomic mass is 16.7. The van der Waals surface area contributed by atoms with Crippen LogP contribution >= 0.6 is 0 Å². The van der Waals surface area contributed by atoms with Gasteiger partial charge in [-0.2, -0.15) is 5.26 Å². The van der Waals surface area contributed by atoms with Crippen LogP contribution in [-0.2, 0) is 4.79 Å². The fourth-order valence-corrected chi connectivity index (χ4v) is 4.60. The molecule has 30 heavy (non-hydrogen) atoms. The Morgan fingerprint density at radius 1 is 1.13 bits per heavy atom. The molecule has 0 spiro atoms. The van der Waals surface area contributed by atoms with Crippen LogP contribution in [0.5, 0.6) is 11.5 Å². The number of allylic oxidation sites excluding steroid dienone is 3. The Morgan fingerprint density at radius 3 is 2.73 bits per heavy atom. The maximum absolute atomic E-state index is 13.2. The second-order valence-corrected chi connectivity index (χ2v) is 7.72. The van der Waals surface area contributed by atoms with Crippen molar-refractivity contribution in [3.05, 3.63) is 76.3 Å². The summed E-state index contributed by atoms with van der Waals surface area (Å²) in [6, 6.07) is 15.7. The quantitative estimate of drug-likeness (QED) is 0.820. The minimum absolute atomic E-state index is 0.0674. The van der Waals surface area contributed by atoms with Gasteiger partial charge in [0, 0.05) is 17.7 Å². The topological polar surface area (TPSA) is 88.6 Å². The van der Waals surface area contributed by atoms with E-state index in [-0.39, 0.29) is 12.6 Å². The Hall–Kier alpha value is -3.72. The number of hydrogen-bond acceptors (Lipinski definition) is 6. The zero-order chi connectivity index (χ0) is 20.8. The average Bonchev–Trinajstić information content (AvgIpc) is 3.22. The van der Waals surface area contributed by atoms with Crippen molar-refractivity contribution >= 4 is 11.5 Å². The van der Waals surface area contributed by atoms with E-state index in [1.807, 2.05) is 54.3 Å². The molecule has 6 nitrogen and oxygen atoms in total. The van der Waals surface area contributed by atoms with E-state index in [1.54, 1.807) is 0 Å². The van der Waals surface area contributed by atoms with Crippen LogP contribution in [0, 0.1) is 18.3 Å². The molecule has 2 aliphatic heterocycles. The Bertz CT molecular complexity index is 1170. The first-order valence-corrected chi connectivity index (χ1v) is 10.0. The van der Waals surface area contributed by atoms with Crippen LogP contribution in [0.3, 0.4) is 0 Å². The molecular formula is C24H21N3O3. The summed E-state index contributed by atoms with van der Waals surface area (Å²) < 4.78 is 11.0. The highest BCUT2D eigenvalue weighted by Crippen LogP contribution is 2.48. The van der Waals surface area contributed by atoms with E-state index in [1.165, 1.54) is 0 Å². The standard InChI is InChI=1S/C24H21N3O3/c1-14-5-2-3-6-17(14)27-18-7-4-8-19(28)23(18)22(16(12-25)24(27)26)15-9-10-20-21(11-15)30-13-29-20/h2-3,5-6,9-11,22H,4,7-8,13,26H2,1H3/t22-/m1/s1. The van der Waals surface area contributed by atoms with E-state index in [9.17, 15) is 10.1 Å². The summed E-state index contributed by atoms with van der Waals surface area (Å²) in [5.41, 5.74) is 11.3. The molecule has 0 saturated heterocycles. The lowest BCUT2D eigenvalue weighted by Gasteiger charge is -2.40. The Morgan fingerprint density at radius 2 is 1.93 bits per heavy atom. The molecule has 3 aliphatic rings. The van der Waals surface area contributed by atoms with Crippen molar-refractivity contribution in [1.29, 1.82) is 5.26 Å². The van der Waals surface area contributed by atoms with Gasteiger partial charge < -0.3 is 15.2 Å². The molecule has 0 amide bonds. The van der Waals surface area contributed by atoms with Gasteiger partial charge in [-0.15, -0.1) is 0 Å². The second kappa shape index (κ2) is 6.96. The molecular weight excluding hydrogens is 378 g/mol.